The number of hydrogen-bond acceptors (Lipinski definition) is 3. The minimum Gasteiger partial charge on any atom is -0.346 e. The van der Waals surface area contributed by atoms with Crippen LogP contribution in [0.2, 0.25) is 0 Å². The Labute approximate surface area is 107 Å². The molecule has 5 heteroatoms. The number of carbonyl (C=O) groups excluding carboxylic acids is 1. The highest BCUT2D eigenvalue weighted by Crippen LogP contribution is 2.44. The van der Waals surface area contributed by atoms with Crippen molar-refractivity contribution in [3.63, 3.8) is 0 Å². The first-order valence-electron chi connectivity index (χ1n) is 7.00. The number of amides is 1. The highest BCUT2D eigenvalue weighted by atomic mass is 16.2. The smallest absolute Gasteiger partial charge is 0.291 e. The van der Waals surface area contributed by atoms with Crippen LogP contribution in [-0.2, 0) is 6.42 Å². The summed E-state index contributed by atoms with van der Waals surface area (Å²) in [7, 11) is 0. The van der Waals surface area contributed by atoms with Gasteiger partial charge in [0.05, 0.1) is 0 Å². The van der Waals surface area contributed by atoms with Crippen molar-refractivity contribution < 1.29 is 4.79 Å². The third-order valence-corrected chi connectivity index (χ3v) is 3.78. The van der Waals surface area contributed by atoms with E-state index in [0.717, 1.165) is 18.7 Å². The Morgan fingerprint density at radius 3 is 2.61 bits per heavy atom. The van der Waals surface area contributed by atoms with Crippen molar-refractivity contribution in [1.82, 2.24) is 20.5 Å². The number of aromatic nitrogens is 3. The van der Waals surface area contributed by atoms with Gasteiger partial charge in [-0.15, -0.1) is 5.10 Å². The van der Waals surface area contributed by atoms with E-state index in [1.807, 2.05) is 0 Å². The second-order valence-corrected chi connectivity index (χ2v) is 5.53. The molecule has 2 aliphatic rings. The second kappa shape index (κ2) is 4.71. The Balaban J connectivity index is 1.61. The average molecular weight is 248 g/mol. The van der Waals surface area contributed by atoms with Gasteiger partial charge >= 0.3 is 0 Å². The van der Waals surface area contributed by atoms with E-state index in [9.17, 15) is 4.79 Å². The SMILES string of the molecule is CCCc1nc(C(=O)NC(C2CC2)C2CC2)n[nH]1. The lowest BCUT2D eigenvalue weighted by atomic mass is 10.1. The summed E-state index contributed by atoms with van der Waals surface area (Å²) in [6.07, 6.45) is 6.89. The monoisotopic (exact) mass is 248 g/mol. The van der Waals surface area contributed by atoms with Gasteiger partial charge in [0.1, 0.15) is 5.82 Å². The first-order chi connectivity index (χ1) is 8.78. The highest BCUT2D eigenvalue weighted by molar-refractivity contribution is 5.90. The number of aryl methyl sites for hydroxylation is 1. The fourth-order valence-electron chi connectivity index (χ4n) is 2.49. The standard InChI is InChI=1S/C13H20N4O/c1-2-3-10-14-12(17-16-10)13(18)15-11(8-4-5-8)9-6-7-9/h8-9,11H,2-7H2,1H3,(H,15,18)(H,14,16,17). The summed E-state index contributed by atoms with van der Waals surface area (Å²) in [5.41, 5.74) is 0. The second-order valence-electron chi connectivity index (χ2n) is 5.53. The predicted octanol–water partition coefficient (Wildman–Crippen LogP) is 1.68. The van der Waals surface area contributed by atoms with E-state index in [0.29, 0.717) is 23.7 Å². The molecule has 0 spiro atoms. The maximum absolute atomic E-state index is 12.1. The molecule has 1 aromatic rings. The van der Waals surface area contributed by atoms with Gasteiger partial charge in [-0.05, 0) is 43.9 Å². The molecule has 1 amide bonds. The van der Waals surface area contributed by atoms with Crippen LogP contribution in [0.5, 0.6) is 0 Å². The molecule has 2 aliphatic carbocycles. The maximum Gasteiger partial charge on any atom is 0.291 e. The lowest BCUT2D eigenvalue weighted by molar-refractivity contribution is 0.0916. The van der Waals surface area contributed by atoms with Crippen LogP contribution >= 0.6 is 0 Å². The molecule has 1 heterocycles. The van der Waals surface area contributed by atoms with Crippen LogP contribution in [0, 0.1) is 11.8 Å². The van der Waals surface area contributed by atoms with Gasteiger partial charge in [0, 0.05) is 12.5 Å². The van der Waals surface area contributed by atoms with E-state index in [-0.39, 0.29) is 5.91 Å². The van der Waals surface area contributed by atoms with Crippen LogP contribution in [0.25, 0.3) is 0 Å². The zero-order valence-corrected chi connectivity index (χ0v) is 10.8. The van der Waals surface area contributed by atoms with Gasteiger partial charge in [-0.25, -0.2) is 4.98 Å². The Morgan fingerprint density at radius 1 is 1.39 bits per heavy atom. The fraction of sp³-hybridized carbons (Fsp3) is 0.769. The summed E-state index contributed by atoms with van der Waals surface area (Å²) < 4.78 is 0. The number of carbonyl (C=O) groups is 1. The molecule has 3 rings (SSSR count). The van der Waals surface area contributed by atoms with Gasteiger partial charge in [0.25, 0.3) is 5.91 Å². The van der Waals surface area contributed by atoms with Gasteiger partial charge < -0.3 is 5.32 Å². The Bertz CT molecular complexity index is 422. The van der Waals surface area contributed by atoms with E-state index in [4.69, 9.17) is 0 Å². The van der Waals surface area contributed by atoms with Crippen molar-refractivity contribution in [2.75, 3.05) is 0 Å². The molecule has 1 aromatic heterocycles. The summed E-state index contributed by atoms with van der Waals surface area (Å²) in [5.74, 6) is 2.39. The Hall–Kier alpha value is -1.39. The van der Waals surface area contributed by atoms with Gasteiger partial charge in [-0.3, -0.25) is 9.89 Å². The van der Waals surface area contributed by atoms with Crippen molar-refractivity contribution in [2.24, 2.45) is 11.8 Å². The van der Waals surface area contributed by atoms with Crippen LogP contribution in [0.4, 0.5) is 0 Å². The first kappa shape index (κ1) is 11.7. The molecule has 0 unspecified atom stereocenters. The molecular weight excluding hydrogens is 228 g/mol. The zero-order valence-electron chi connectivity index (χ0n) is 10.8. The predicted molar refractivity (Wildman–Crippen MR) is 67.1 cm³/mol. The molecular formula is C13H20N4O. The molecule has 2 fully saturated rings. The third-order valence-electron chi connectivity index (χ3n) is 3.78. The Kier molecular flexibility index (Phi) is 3.06. The third kappa shape index (κ3) is 2.54. The van der Waals surface area contributed by atoms with Crippen molar-refractivity contribution in [2.45, 2.75) is 51.5 Å². The maximum atomic E-state index is 12.1. The minimum atomic E-state index is -0.114. The largest absolute Gasteiger partial charge is 0.346 e. The molecule has 2 N–H and O–H groups in total. The number of aromatic amines is 1. The topological polar surface area (TPSA) is 70.7 Å². The van der Waals surface area contributed by atoms with Gasteiger partial charge in [-0.1, -0.05) is 6.92 Å². The number of nitrogens with one attached hydrogen (secondary N) is 2. The number of rotatable bonds is 6. The number of hydrogen-bond donors (Lipinski definition) is 2. The van der Waals surface area contributed by atoms with Gasteiger partial charge in [0.15, 0.2) is 0 Å². The van der Waals surface area contributed by atoms with Gasteiger partial charge in [0.2, 0.25) is 5.82 Å². The summed E-state index contributed by atoms with van der Waals surface area (Å²) >= 11 is 0. The van der Waals surface area contributed by atoms with Crippen LogP contribution in [-0.4, -0.2) is 27.1 Å². The molecule has 0 atom stereocenters. The quantitative estimate of drug-likeness (QED) is 0.804. The molecule has 0 aromatic carbocycles. The Morgan fingerprint density at radius 2 is 2.06 bits per heavy atom. The summed E-state index contributed by atoms with van der Waals surface area (Å²) in [5, 5.41) is 9.96. The van der Waals surface area contributed by atoms with Crippen molar-refractivity contribution in [3.8, 4) is 0 Å². The fourth-order valence-corrected chi connectivity index (χ4v) is 2.49. The minimum absolute atomic E-state index is 0.114. The van der Waals surface area contributed by atoms with Crippen LogP contribution in [0.15, 0.2) is 0 Å². The van der Waals surface area contributed by atoms with E-state index in [1.165, 1.54) is 25.7 Å². The van der Waals surface area contributed by atoms with E-state index >= 15 is 0 Å². The molecule has 0 saturated heterocycles. The number of nitrogens with zero attached hydrogens (tertiary/aromatic N) is 2. The normalized spacial score (nSPS) is 19.2. The number of H-pyrrole nitrogens is 1. The van der Waals surface area contributed by atoms with E-state index in [1.54, 1.807) is 0 Å². The molecule has 18 heavy (non-hydrogen) atoms. The summed E-state index contributed by atoms with van der Waals surface area (Å²) in [4.78, 5) is 16.3. The van der Waals surface area contributed by atoms with Crippen molar-refractivity contribution in [1.29, 1.82) is 0 Å². The van der Waals surface area contributed by atoms with Crippen LogP contribution < -0.4 is 5.32 Å². The van der Waals surface area contributed by atoms with Crippen molar-refractivity contribution >= 4 is 5.91 Å². The molecule has 0 radical (unpaired) electrons. The first-order valence-corrected chi connectivity index (χ1v) is 7.00. The lowest BCUT2D eigenvalue weighted by Crippen LogP contribution is -2.38. The molecule has 5 nitrogen and oxygen atoms in total. The molecule has 2 saturated carbocycles. The van der Waals surface area contributed by atoms with Crippen LogP contribution in [0.3, 0.4) is 0 Å². The molecule has 0 aliphatic heterocycles. The average Bonchev–Trinajstić information content (AvgIpc) is 3.26. The van der Waals surface area contributed by atoms with Crippen LogP contribution in [0.1, 0.15) is 55.5 Å². The highest BCUT2D eigenvalue weighted by Gasteiger charge is 2.42. The van der Waals surface area contributed by atoms with E-state index < -0.39 is 0 Å². The van der Waals surface area contributed by atoms with Crippen molar-refractivity contribution in [3.05, 3.63) is 11.6 Å². The molecule has 0 bridgehead atoms. The van der Waals surface area contributed by atoms with Gasteiger partial charge in [-0.2, -0.15) is 0 Å². The zero-order chi connectivity index (χ0) is 12.5. The lowest BCUT2D eigenvalue weighted by Gasteiger charge is -2.16. The summed E-state index contributed by atoms with van der Waals surface area (Å²) in [6, 6.07) is 0.366. The summed E-state index contributed by atoms with van der Waals surface area (Å²) in [6.45, 7) is 2.08. The molecule has 98 valence electrons. The van der Waals surface area contributed by atoms with E-state index in [2.05, 4.69) is 27.4 Å².